The zero-order chi connectivity index (χ0) is 38.0. The molecule has 1 amide bonds. The third kappa shape index (κ3) is 9.02. The summed E-state index contributed by atoms with van der Waals surface area (Å²) in [4.78, 5) is 50.4. The van der Waals surface area contributed by atoms with Crippen LogP contribution < -0.4 is 5.32 Å². The van der Waals surface area contributed by atoms with Crippen molar-refractivity contribution in [3.63, 3.8) is 0 Å². The molecule has 282 valence electrons. The van der Waals surface area contributed by atoms with Crippen LogP contribution >= 0.6 is 0 Å². The molecule has 0 aliphatic carbocycles. The third-order valence-corrected chi connectivity index (χ3v) is 8.86. The smallest absolute Gasteiger partial charge is 0.412 e. The molecule has 14 nitrogen and oxygen atoms in total. The lowest BCUT2D eigenvalue weighted by molar-refractivity contribution is -0.299. The Balaban J connectivity index is 1.30. The fourth-order valence-corrected chi connectivity index (χ4v) is 6.23. The standard InChI is InChI=1S/C40H41N3O11/c1-4-13-24(21-32-42-27-17-9-11-19-29(27)49-32)37(45)52-34-31(23-44)51-39(48-3)36(54-40(47)41-26-15-7-6-8-16-26)35(34)53-38(46)25(14-5-2)22-33-43-28-18-10-12-20-30(28)50-33/h4-12,15-20,24-25,31,34-36,39,44H,1-2,13-14,21-23H2,3H3,(H,41,47)/t24-,25-,31-,34-,35+,36-,39+/m1/s1. The van der Waals surface area contributed by atoms with E-state index in [0.29, 0.717) is 39.7 Å². The van der Waals surface area contributed by atoms with Gasteiger partial charge in [0.05, 0.1) is 18.4 Å². The zero-order valence-corrected chi connectivity index (χ0v) is 29.6. The number of allylic oxidation sites excluding steroid dienone is 2. The number of rotatable bonds is 16. The van der Waals surface area contributed by atoms with Gasteiger partial charge in [-0.15, -0.1) is 13.2 Å². The molecule has 54 heavy (non-hydrogen) atoms. The number of methoxy groups -OCH3 is 1. The van der Waals surface area contributed by atoms with Gasteiger partial charge in [-0.25, -0.2) is 14.8 Å². The summed E-state index contributed by atoms with van der Waals surface area (Å²) in [6.07, 6.45) is -4.50. The maximum atomic E-state index is 14.1. The number of hydrogen-bond donors (Lipinski definition) is 2. The number of benzene rings is 3. The van der Waals surface area contributed by atoms with Crippen LogP contribution in [0.15, 0.2) is 113 Å². The first-order valence-electron chi connectivity index (χ1n) is 17.4. The summed E-state index contributed by atoms with van der Waals surface area (Å²) >= 11 is 0. The number of aliphatic hydroxyl groups is 1. The number of hydrogen-bond acceptors (Lipinski definition) is 13. The molecule has 0 bridgehead atoms. The highest BCUT2D eigenvalue weighted by Crippen LogP contribution is 2.32. The molecular formula is C40H41N3O11. The van der Waals surface area contributed by atoms with E-state index in [0.717, 1.165) is 0 Å². The molecule has 3 aromatic carbocycles. The summed E-state index contributed by atoms with van der Waals surface area (Å²) in [6, 6.07) is 22.9. The van der Waals surface area contributed by atoms with Gasteiger partial charge in [-0.2, -0.15) is 0 Å². The molecule has 1 fully saturated rings. The van der Waals surface area contributed by atoms with Gasteiger partial charge < -0.3 is 37.6 Å². The second-order valence-electron chi connectivity index (χ2n) is 12.6. The number of esters is 2. The van der Waals surface area contributed by atoms with Crippen LogP contribution in [-0.2, 0) is 46.1 Å². The number of para-hydroxylation sites is 5. The van der Waals surface area contributed by atoms with Crippen molar-refractivity contribution in [1.29, 1.82) is 0 Å². The molecule has 1 aliphatic heterocycles. The molecule has 5 aromatic rings. The minimum Gasteiger partial charge on any atom is -0.455 e. The van der Waals surface area contributed by atoms with Gasteiger partial charge in [-0.1, -0.05) is 54.6 Å². The average Bonchev–Trinajstić information content (AvgIpc) is 3.79. The van der Waals surface area contributed by atoms with Crippen molar-refractivity contribution in [2.75, 3.05) is 19.0 Å². The van der Waals surface area contributed by atoms with Gasteiger partial charge in [0.2, 0.25) is 0 Å². The highest BCUT2D eigenvalue weighted by molar-refractivity contribution is 5.84. The molecule has 1 saturated heterocycles. The van der Waals surface area contributed by atoms with E-state index in [9.17, 15) is 19.5 Å². The van der Waals surface area contributed by atoms with Crippen molar-refractivity contribution < 1.29 is 52.0 Å². The van der Waals surface area contributed by atoms with Gasteiger partial charge in [-0.3, -0.25) is 14.9 Å². The number of nitrogens with one attached hydrogen (secondary N) is 1. The number of amides is 1. The minimum atomic E-state index is -1.52. The van der Waals surface area contributed by atoms with E-state index in [4.69, 9.17) is 32.5 Å². The molecule has 0 spiro atoms. The fourth-order valence-electron chi connectivity index (χ4n) is 6.23. The van der Waals surface area contributed by atoms with Crippen LogP contribution in [0, 0.1) is 11.8 Å². The van der Waals surface area contributed by atoms with Crippen molar-refractivity contribution in [3.05, 3.63) is 116 Å². The molecule has 3 heterocycles. The van der Waals surface area contributed by atoms with Crippen molar-refractivity contribution in [3.8, 4) is 0 Å². The largest absolute Gasteiger partial charge is 0.455 e. The molecule has 0 unspecified atom stereocenters. The average molecular weight is 740 g/mol. The summed E-state index contributed by atoms with van der Waals surface area (Å²) in [6.45, 7) is 6.91. The summed E-state index contributed by atoms with van der Waals surface area (Å²) in [5.74, 6) is -2.63. The lowest BCUT2D eigenvalue weighted by Crippen LogP contribution is -2.63. The maximum Gasteiger partial charge on any atom is 0.412 e. The van der Waals surface area contributed by atoms with Gasteiger partial charge in [0.25, 0.3) is 0 Å². The van der Waals surface area contributed by atoms with Crippen LogP contribution in [0.4, 0.5) is 10.5 Å². The van der Waals surface area contributed by atoms with Crippen molar-refractivity contribution in [1.82, 2.24) is 9.97 Å². The van der Waals surface area contributed by atoms with Gasteiger partial charge in [0.15, 0.2) is 47.5 Å². The maximum absolute atomic E-state index is 14.1. The van der Waals surface area contributed by atoms with E-state index >= 15 is 0 Å². The summed E-state index contributed by atoms with van der Waals surface area (Å²) in [5, 5.41) is 13.1. The Kier molecular flexibility index (Phi) is 12.5. The lowest BCUT2D eigenvalue weighted by atomic mass is 9.96. The summed E-state index contributed by atoms with van der Waals surface area (Å²) in [5.41, 5.74) is 2.77. The first-order chi connectivity index (χ1) is 26.3. The monoisotopic (exact) mass is 739 g/mol. The molecule has 2 N–H and O–H groups in total. The Morgan fingerprint density at radius 3 is 1.78 bits per heavy atom. The van der Waals surface area contributed by atoms with Gasteiger partial charge in [0.1, 0.15) is 17.1 Å². The van der Waals surface area contributed by atoms with Crippen LogP contribution in [0.2, 0.25) is 0 Å². The molecule has 0 radical (unpaired) electrons. The Bertz CT molecular complexity index is 2000. The molecular weight excluding hydrogens is 698 g/mol. The predicted molar refractivity (Wildman–Crippen MR) is 195 cm³/mol. The number of oxazole rings is 2. The van der Waals surface area contributed by atoms with E-state index in [1.165, 1.54) is 7.11 Å². The first kappa shape index (κ1) is 37.9. The van der Waals surface area contributed by atoms with Crippen molar-refractivity contribution in [2.24, 2.45) is 11.8 Å². The Morgan fingerprint density at radius 2 is 1.28 bits per heavy atom. The Morgan fingerprint density at radius 1 is 0.759 bits per heavy atom. The third-order valence-electron chi connectivity index (χ3n) is 8.86. The number of aromatic nitrogens is 2. The van der Waals surface area contributed by atoms with Crippen LogP contribution in [0.3, 0.4) is 0 Å². The van der Waals surface area contributed by atoms with E-state index in [2.05, 4.69) is 28.4 Å². The molecule has 7 atom stereocenters. The Labute approximate surface area is 310 Å². The van der Waals surface area contributed by atoms with Gasteiger partial charge in [0, 0.05) is 25.6 Å². The highest BCUT2D eigenvalue weighted by atomic mass is 16.7. The van der Waals surface area contributed by atoms with Crippen molar-refractivity contribution >= 4 is 45.9 Å². The number of carbonyl (C=O) groups is 3. The fraction of sp³-hybridized carbons (Fsp3) is 0.325. The number of carbonyl (C=O) groups excluding carboxylic acids is 3. The SMILES string of the molecule is C=CC[C@H](Cc1nc2ccccc2o1)C(=O)O[C@@H]1[C@@H](OC(=O)Nc2ccccc2)[C@@H](OC)O[C@H](CO)[C@H]1OC(=O)[C@H](CC=C)Cc1nc2ccccc2o1. The number of anilines is 1. The second kappa shape index (κ2) is 17.8. The highest BCUT2D eigenvalue weighted by Gasteiger charge is 2.53. The van der Waals surface area contributed by atoms with Crippen LogP contribution in [0.25, 0.3) is 22.2 Å². The Hall–Kier alpha value is -5.83. The molecule has 6 rings (SSSR count). The second-order valence-corrected chi connectivity index (χ2v) is 12.6. The minimum absolute atomic E-state index is 0.0380. The molecule has 14 heteroatoms. The quantitative estimate of drug-likeness (QED) is 0.0690. The van der Waals surface area contributed by atoms with E-state index in [1.54, 1.807) is 66.7 Å². The number of ether oxygens (including phenoxy) is 5. The number of nitrogens with zero attached hydrogens (tertiary/aromatic N) is 2. The van der Waals surface area contributed by atoms with Crippen molar-refractivity contribution in [2.45, 2.75) is 56.4 Å². The van der Waals surface area contributed by atoms with Crippen LogP contribution in [0.5, 0.6) is 0 Å². The zero-order valence-electron chi connectivity index (χ0n) is 29.6. The van der Waals surface area contributed by atoms with Crippen LogP contribution in [0.1, 0.15) is 24.6 Å². The lowest BCUT2D eigenvalue weighted by Gasteiger charge is -2.44. The van der Waals surface area contributed by atoms with Gasteiger partial charge >= 0.3 is 18.0 Å². The molecule has 2 aromatic heterocycles. The van der Waals surface area contributed by atoms with E-state index in [1.807, 2.05) is 24.3 Å². The summed E-state index contributed by atoms with van der Waals surface area (Å²) < 4.78 is 41.3. The number of fused-ring (bicyclic) bond motifs is 2. The predicted octanol–water partition coefficient (Wildman–Crippen LogP) is 5.94. The van der Waals surface area contributed by atoms with E-state index < -0.39 is 67.2 Å². The number of aliphatic hydroxyl groups excluding tert-OH is 1. The molecule has 0 saturated carbocycles. The topological polar surface area (TPSA) is 182 Å². The normalized spacial score (nSPS) is 20.8. The van der Waals surface area contributed by atoms with E-state index in [-0.39, 0.29) is 25.7 Å². The summed E-state index contributed by atoms with van der Waals surface area (Å²) in [7, 11) is 1.30. The molecule has 1 aliphatic rings. The van der Waals surface area contributed by atoms with Crippen LogP contribution in [-0.4, -0.2) is 77.5 Å². The first-order valence-corrected chi connectivity index (χ1v) is 17.4. The van der Waals surface area contributed by atoms with Gasteiger partial charge in [-0.05, 0) is 49.2 Å².